The van der Waals surface area contributed by atoms with Crippen molar-refractivity contribution in [3.05, 3.63) is 362 Å². The van der Waals surface area contributed by atoms with Crippen molar-refractivity contribution in [1.29, 1.82) is 0 Å². The molecule has 3 atom stereocenters. The van der Waals surface area contributed by atoms with Crippen molar-refractivity contribution < 1.29 is 140 Å². The standard InChI is InChI=1S/C17H18O5S.C17H18O3.C15H14O2.C14H12O3.C14H14O2.C7H7Br.C7H6O3.C3H5ClO.CHI3.CH2I2.CH3I.CH2I.CH4.I2.Na.V.H/c1-12-6-8-15(9-7-12)23(18,19)21-11-14-10-20-16-5-3-4-13(2)17(16)22-14;1-13-6-5-9-16(19-12-15-11-18-15)17(13)20-10-14-7-3-2-4-8-14;1-12-6-5-9-14(10-16)15(12)17-11-13-7-3-2-4-8-13;15-9-12-7-4-8-13(16)14(12)17-10-11-5-2-1-3-6-11;1-11-6-5-9-13(15)14(11)16-10-12-7-3-2-4-8-12;8-6-7-4-2-1-3-5-7;8-4-5-2-1-3-6(9)7(5)10;4-1-3-2-5-3;2-1(3)4;2-1-3;2*1-2;;1-2;;;/h3-9,14H,10-11H2,1-2H3;2-9,15H,10-12H2,1H3;2-10H,11H2,1H3;1-9,16H,10H2;2-9,15H,10H2,1H3;1-5H,6H2;1-4,9-10H;3H,1-2H2;1H;1H2;1H3;1H2;1H4;;;;/q;;;;;;;;;;;-1;;;+1;;-1. The molecule has 0 amide bonds. The summed E-state index contributed by atoms with van der Waals surface area (Å²) in [5.41, 5.74) is 11.6. The molecule has 1 radical (unpaired) electrons. The number of aryl methyl sites for hydroxylation is 5. The van der Waals surface area contributed by atoms with Gasteiger partial charge in [0.2, 0.25) is 0 Å². The maximum atomic E-state index is 12.2. The first-order valence-corrected chi connectivity index (χ1v) is 58.8. The summed E-state index contributed by atoms with van der Waals surface area (Å²) in [5, 5.41) is 38.0. The van der Waals surface area contributed by atoms with Crippen LogP contribution in [0.1, 0.15) is 95.6 Å². The molecule has 12 aromatic rings. The van der Waals surface area contributed by atoms with Crippen LogP contribution in [0.5, 0.6) is 63.2 Å². The van der Waals surface area contributed by atoms with Crippen molar-refractivity contribution in [3.63, 3.8) is 0 Å². The molecule has 707 valence electrons. The molecule has 3 aliphatic rings. The number of fused-ring (bicyclic) bond motifs is 1. The van der Waals surface area contributed by atoms with Crippen LogP contribution < -0.4 is 62.7 Å². The third-order valence-electron chi connectivity index (χ3n) is 17.0. The van der Waals surface area contributed by atoms with Gasteiger partial charge in [0.1, 0.15) is 58.0 Å². The Morgan fingerprint density at radius 3 is 1.20 bits per heavy atom. The molecule has 33 heteroatoms. The zero-order chi connectivity index (χ0) is 95.2. The van der Waals surface area contributed by atoms with Crippen LogP contribution in [0.2, 0.25) is 0 Å². The van der Waals surface area contributed by atoms with Crippen LogP contribution in [0, 0.1) is 39.5 Å². The number of ether oxygens (including phenoxy) is 9. The van der Waals surface area contributed by atoms with E-state index in [4.69, 9.17) is 68.6 Å². The molecule has 3 heterocycles. The average Bonchev–Trinajstić information content (AvgIpc) is 1.17. The third kappa shape index (κ3) is 53.6. The minimum absolute atomic E-state index is 0. The molecule has 3 unspecified atom stereocenters. The van der Waals surface area contributed by atoms with Gasteiger partial charge in [-0.2, -0.15) is 8.42 Å². The third-order valence-corrected chi connectivity index (χ3v) is 19.3. The summed E-state index contributed by atoms with van der Waals surface area (Å²) >= 11 is 28.4. The summed E-state index contributed by atoms with van der Waals surface area (Å²) in [7, 11) is -3.80. The van der Waals surface area contributed by atoms with Gasteiger partial charge in [-0.3, -0.25) is 23.5 Å². The number of benzene rings is 12. The zero-order valence-electron chi connectivity index (χ0n) is 73.8. The molecule has 0 spiro atoms. The van der Waals surface area contributed by atoms with Gasteiger partial charge < -0.3 is 87.1 Å². The van der Waals surface area contributed by atoms with Crippen molar-refractivity contribution >= 4 is 252 Å². The van der Waals surface area contributed by atoms with Gasteiger partial charge in [0.15, 0.2) is 82.5 Å². The van der Waals surface area contributed by atoms with Gasteiger partial charge in [0.05, 0.1) is 49.2 Å². The normalized spacial score (nSPS) is 12.4. The maximum absolute atomic E-state index is 12.2. The van der Waals surface area contributed by atoms with E-state index in [0.717, 1.165) is 86.3 Å². The van der Waals surface area contributed by atoms with E-state index in [0.29, 0.717) is 91.7 Å². The van der Waals surface area contributed by atoms with Crippen molar-refractivity contribution in [2.75, 3.05) is 46.3 Å². The van der Waals surface area contributed by atoms with Gasteiger partial charge in [0.25, 0.3) is 10.1 Å². The Kier molecular flexibility index (Phi) is 75.7. The molecule has 19 nitrogen and oxygen atoms in total. The number of phenols is 4. The molecule has 3 aliphatic heterocycles. The number of carbonyl (C=O) groups excluding carboxylic acids is 3. The molecule has 0 bridgehead atoms. The summed E-state index contributed by atoms with van der Waals surface area (Å²) in [4.78, 5) is 37.1. The minimum atomic E-state index is -3.80. The van der Waals surface area contributed by atoms with E-state index in [1.807, 2.05) is 244 Å². The van der Waals surface area contributed by atoms with Crippen molar-refractivity contribution in [2.45, 2.75) is 96.9 Å². The quantitative estimate of drug-likeness (QED) is 0.00640. The summed E-state index contributed by atoms with van der Waals surface area (Å²) in [6.07, 6.45) is 2.15. The Balaban J connectivity index is 0. The number of aromatic hydroxyl groups is 4. The summed E-state index contributed by atoms with van der Waals surface area (Å²) < 4.78 is 81.2. The first-order valence-electron chi connectivity index (χ1n) is 39.0. The molecule has 2 fully saturated rings. The summed E-state index contributed by atoms with van der Waals surface area (Å²) in [6, 6.07) is 87.7. The number of rotatable bonds is 24. The largest absolute Gasteiger partial charge is 1.00 e. The number of halogens is 11. The fourth-order valence-electron chi connectivity index (χ4n) is 10.4. The molecular formula is C99H107BrClI9NaO19SV-. The van der Waals surface area contributed by atoms with Gasteiger partial charge in [-0.05, 0) is 150 Å². The molecule has 15 rings (SSSR count). The predicted molar refractivity (Wildman–Crippen MR) is 606 cm³/mol. The van der Waals surface area contributed by atoms with Crippen molar-refractivity contribution in [2.24, 2.45) is 0 Å². The Morgan fingerprint density at radius 1 is 0.455 bits per heavy atom. The fraction of sp³-hybridized carbons (Fsp3) is 0.232. The molecule has 132 heavy (non-hydrogen) atoms. The van der Waals surface area contributed by atoms with Crippen LogP contribution in [-0.4, -0.2) is 112 Å². The van der Waals surface area contributed by atoms with E-state index in [2.05, 4.69) is 218 Å². The van der Waals surface area contributed by atoms with Crippen LogP contribution in [0.4, 0.5) is 0 Å². The number of hydrogen-bond donors (Lipinski definition) is 4. The number of aldehydes is 3. The van der Waals surface area contributed by atoms with Gasteiger partial charge in [0, 0.05) is 61.1 Å². The number of carbonyl (C=O) groups is 3. The second kappa shape index (κ2) is 78.0. The summed E-state index contributed by atoms with van der Waals surface area (Å²) in [5.74, 6) is 4.57. The molecule has 12 aromatic carbocycles. The topological polar surface area (TPSA) is 265 Å². The number of epoxide rings is 2. The van der Waals surface area contributed by atoms with E-state index in [1.165, 1.54) is 44.4 Å². The summed E-state index contributed by atoms with van der Waals surface area (Å²) in [6.45, 7) is 13.9. The molecule has 4 N–H and O–H groups in total. The molecular weight excluding hydrogens is 2860 g/mol. The van der Waals surface area contributed by atoms with E-state index in [9.17, 15) is 33.0 Å². The average molecular weight is 2960 g/mol. The van der Waals surface area contributed by atoms with Crippen LogP contribution >= 0.6 is 223 Å². The minimum Gasteiger partial charge on any atom is -1.00 e. The number of phenolic OH excluding ortho intramolecular Hbond substituents is 4. The Hall–Kier alpha value is -3.80. The Morgan fingerprint density at radius 2 is 0.803 bits per heavy atom. The zero-order valence-corrected chi connectivity index (χ0v) is 98.8. The van der Waals surface area contributed by atoms with Gasteiger partial charge >= 0.3 is 29.6 Å². The number of alkyl halides is 8. The molecule has 0 aliphatic carbocycles. The molecule has 0 saturated carbocycles. The van der Waals surface area contributed by atoms with Gasteiger partial charge in [-0.15, -0.1) is 11.6 Å². The van der Waals surface area contributed by atoms with Crippen molar-refractivity contribution in [1.82, 2.24) is 0 Å². The van der Waals surface area contributed by atoms with Crippen LogP contribution in [0.15, 0.2) is 290 Å². The Bertz CT molecular complexity index is 5090. The fourth-order valence-corrected chi connectivity index (χ4v) is 11.9. The SMILES string of the molecule is BrCc1ccccc1.C.CI.Cc1ccc(S(=O)(=O)OCC2COc3cccc(C)c3O2)cc1.Cc1cccc(C=O)c1OCc1ccccc1.Cc1cccc(O)c1OCc1ccccc1.Cc1cccc(OCC2CO2)c1OCc1ccccc1.ClCC1CO1.IC(I)I.ICI.II.O=Cc1cccc(O)c1O.O=Cc1cccc(O)c1OCc1ccccc1.[CH2-]I.[H-].[Na+].[V]. The number of para-hydroxylation sites is 6. The van der Waals surface area contributed by atoms with Crippen LogP contribution in [0.25, 0.3) is 0 Å². The first kappa shape index (κ1) is 128. The van der Waals surface area contributed by atoms with Crippen LogP contribution in [0.3, 0.4) is 0 Å². The Labute approximate surface area is 946 Å². The van der Waals surface area contributed by atoms with Gasteiger partial charge in [-0.25, -0.2) is 0 Å². The van der Waals surface area contributed by atoms with Gasteiger partial charge in [-0.1, -0.05) is 389 Å². The van der Waals surface area contributed by atoms with E-state index < -0.39 is 16.2 Å². The van der Waals surface area contributed by atoms with E-state index >= 15 is 0 Å². The monoisotopic (exact) mass is 2960 g/mol. The second-order valence-corrected chi connectivity index (χ2v) is 44.3. The van der Waals surface area contributed by atoms with E-state index in [1.54, 1.807) is 42.5 Å². The smallest absolute Gasteiger partial charge is 1.00 e. The molecule has 2 saturated heterocycles. The predicted octanol–water partition coefficient (Wildman–Crippen LogP) is 25.9. The second-order valence-electron chi connectivity index (χ2n) is 26.5. The maximum Gasteiger partial charge on any atom is 1.00 e. The molecule has 0 aromatic heterocycles. The van der Waals surface area contributed by atoms with Crippen LogP contribution in [-0.2, 0) is 74.1 Å². The van der Waals surface area contributed by atoms with E-state index in [-0.39, 0.29) is 115 Å². The first-order chi connectivity index (χ1) is 62.4. The number of hydrogen-bond acceptors (Lipinski definition) is 19. The van der Waals surface area contributed by atoms with Crippen molar-refractivity contribution in [3.8, 4) is 63.2 Å².